The Hall–Kier alpha value is -2.19. The number of hydrogen-bond donors (Lipinski definition) is 2. The number of nitrogens with zero attached hydrogens (tertiary/aromatic N) is 3. The SMILES string of the molecule is Cc1cc(N[C@@H]2CCCN(C)C2)nnc1-c1ccc(S(C)(=O)=O)cc1O. The Balaban J connectivity index is 1.84. The van der Waals surface area contributed by atoms with Crippen LogP contribution in [0.15, 0.2) is 29.2 Å². The van der Waals surface area contributed by atoms with Gasteiger partial charge in [0.15, 0.2) is 9.84 Å². The number of aromatic nitrogens is 2. The Kier molecular flexibility index (Phi) is 5.15. The Morgan fingerprint density at radius 3 is 2.65 bits per heavy atom. The van der Waals surface area contributed by atoms with E-state index in [1.807, 2.05) is 13.0 Å². The minimum atomic E-state index is -3.37. The maximum absolute atomic E-state index is 11.6. The monoisotopic (exact) mass is 376 g/mol. The number of aromatic hydroxyl groups is 1. The molecule has 0 amide bonds. The molecule has 0 unspecified atom stereocenters. The number of rotatable bonds is 4. The largest absolute Gasteiger partial charge is 0.507 e. The zero-order chi connectivity index (χ0) is 18.9. The number of piperidine rings is 1. The van der Waals surface area contributed by atoms with Crippen LogP contribution in [0.4, 0.5) is 5.82 Å². The minimum Gasteiger partial charge on any atom is -0.507 e. The number of phenols is 1. The third kappa shape index (κ3) is 4.13. The number of nitrogens with one attached hydrogen (secondary N) is 1. The van der Waals surface area contributed by atoms with E-state index in [-0.39, 0.29) is 10.6 Å². The van der Waals surface area contributed by atoms with Crippen LogP contribution in [-0.4, -0.2) is 61.1 Å². The summed E-state index contributed by atoms with van der Waals surface area (Å²) >= 11 is 0. The van der Waals surface area contributed by atoms with Crippen LogP contribution >= 0.6 is 0 Å². The predicted molar refractivity (Wildman–Crippen MR) is 101 cm³/mol. The van der Waals surface area contributed by atoms with Gasteiger partial charge >= 0.3 is 0 Å². The number of hydrogen-bond acceptors (Lipinski definition) is 7. The van der Waals surface area contributed by atoms with Crippen LogP contribution in [0, 0.1) is 6.92 Å². The zero-order valence-corrected chi connectivity index (χ0v) is 16.0. The molecule has 140 valence electrons. The van der Waals surface area contributed by atoms with Crippen LogP contribution in [-0.2, 0) is 9.84 Å². The first-order chi connectivity index (χ1) is 12.2. The zero-order valence-electron chi connectivity index (χ0n) is 15.2. The van der Waals surface area contributed by atoms with Gasteiger partial charge in [0, 0.05) is 24.4 Å². The third-order valence-electron chi connectivity index (χ3n) is 4.61. The summed E-state index contributed by atoms with van der Waals surface area (Å²) < 4.78 is 23.2. The summed E-state index contributed by atoms with van der Waals surface area (Å²) in [6.07, 6.45) is 3.36. The van der Waals surface area contributed by atoms with E-state index in [1.165, 1.54) is 12.1 Å². The second-order valence-corrected chi connectivity index (χ2v) is 8.97. The Labute approximate surface area is 154 Å². The van der Waals surface area contributed by atoms with Gasteiger partial charge < -0.3 is 15.3 Å². The van der Waals surface area contributed by atoms with Crippen molar-refractivity contribution >= 4 is 15.7 Å². The molecule has 0 saturated carbocycles. The highest BCUT2D eigenvalue weighted by Gasteiger charge is 2.19. The lowest BCUT2D eigenvalue weighted by Crippen LogP contribution is -2.39. The lowest BCUT2D eigenvalue weighted by Gasteiger charge is -2.30. The molecule has 26 heavy (non-hydrogen) atoms. The molecule has 1 aliphatic heterocycles. The minimum absolute atomic E-state index is 0.0732. The molecule has 0 spiro atoms. The number of benzene rings is 1. The molecule has 8 heteroatoms. The maximum atomic E-state index is 11.6. The molecular weight excluding hydrogens is 352 g/mol. The molecule has 2 aromatic rings. The summed E-state index contributed by atoms with van der Waals surface area (Å²) in [5.41, 5.74) is 1.86. The number of sulfone groups is 1. The van der Waals surface area contributed by atoms with Gasteiger partial charge in [0.2, 0.25) is 0 Å². The van der Waals surface area contributed by atoms with Gasteiger partial charge in [0.25, 0.3) is 0 Å². The fourth-order valence-corrected chi connectivity index (χ4v) is 3.90. The topological polar surface area (TPSA) is 95.4 Å². The van der Waals surface area contributed by atoms with Gasteiger partial charge in [-0.3, -0.25) is 0 Å². The van der Waals surface area contributed by atoms with Gasteiger partial charge in [-0.15, -0.1) is 10.2 Å². The second-order valence-electron chi connectivity index (χ2n) is 6.96. The van der Waals surface area contributed by atoms with Gasteiger partial charge in [0.05, 0.1) is 10.6 Å². The lowest BCUT2D eigenvalue weighted by atomic mass is 10.1. The van der Waals surface area contributed by atoms with Crippen molar-refractivity contribution in [3.05, 3.63) is 29.8 Å². The van der Waals surface area contributed by atoms with E-state index in [0.717, 1.165) is 37.8 Å². The molecule has 3 rings (SSSR count). The lowest BCUT2D eigenvalue weighted by molar-refractivity contribution is 0.260. The fourth-order valence-electron chi connectivity index (χ4n) is 3.26. The first-order valence-corrected chi connectivity index (χ1v) is 10.5. The first kappa shape index (κ1) is 18.6. The Morgan fingerprint density at radius 1 is 1.27 bits per heavy atom. The first-order valence-electron chi connectivity index (χ1n) is 8.57. The maximum Gasteiger partial charge on any atom is 0.175 e. The van der Waals surface area contributed by atoms with E-state index in [1.54, 1.807) is 6.07 Å². The van der Waals surface area contributed by atoms with E-state index < -0.39 is 9.84 Å². The second kappa shape index (κ2) is 7.20. The van der Waals surface area contributed by atoms with Crippen molar-refractivity contribution in [2.24, 2.45) is 0 Å². The van der Waals surface area contributed by atoms with Crippen LogP contribution in [0.5, 0.6) is 5.75 Å². The molecule has 0 radical (unpaired) electrons. The Morgan fingerprint density at radius 2 is 2.04 bits per heavy atom. The van der Waals surface area contributed by atoms with Crippen molar-refractivity contribution in [3.8, 4) is 17.0 Å². The van der Waals surface area contributed by atoms with Gasteiger partial charge in [-0.05, 0) is 63.2 Å². The van der Waals surface area contributed by atoms with Gasteiger partial charge in [0.1, 0.15) is 11.6 Å². The summed E-state index contributed by atoms with van der Waals surface area (Å²) in [4.78, 5) is 2.36. The fraction of sp³-hybridized carbons (Fsp3) is 0.444. The molecule has 1 fully saturated rings. The third-order valence-corrected chi connectivity index (χ3v) is 5.72. The van der Waals surface area contributed by atoms with E-state index >= 15 is 0 Å². The van der Waals surface area contributed by atoms with Crippen molar-refractivity contribution < 1.29 is 13.5 Å². The molecule has 1 atom stereocenters. The number of likely N-dealkylation sites (N-methyl/N-ethyl adjacent to an activating group) is 1. The van der Waals surface area contributed by atoms with Crippen LogP contribution < -0.4 is 5.32 Å². The van der Waals surface area contributed by atoms with E-state index in [9.17, 15) is 13.5 Å². The Bertz CT molecular complexity index is 915. The highest BCUT2D eigenvalue weighted by atomic mass is 32.2. The van der Waals surface area contributed by atoms with Crippen molar-refractivity contribution in [3.63, 3.8) is 0 Å². The van der Waals surface area contributed by atoms with Gasteiger partial charge in [-0.25, -0.2) is 8.42 Å². The molecule has 0 aliphatic carbocycles. The summed E-state index contributed by atoms with van der Waals surface area (Å²) in [5, 5.41) is 22.1. The predicted octanol–water partition coefficient (Wildman–Crippen LogP) is 2.07. The molecule has 7 nitrogen and oxygen atoms in total. The number of aryl methyl sites for hydroxylation is 1. The average molecular weight is 376 g/mol. The molecule has 1 aromatic carbocycles. The van der Waals surface area contributed by atoms with Crippen molar-refractivity contribution in [2.75, 3.05) is 31.7 Å². The summed E-state index contributed by atoms with van der Waals surface area (Å²) in [6.45, 7) is 3.98. The van der Waals surface area contributed by atoms with Crippen LogP contribution in [0.1, 0.15) is 18.4 Å². The van der Waals surface area contributed by atoms with Crippen LogP contribution in [0.25, 0.3) is 11.3 Å². The van der Waals surface area contributed by atoms with Crippen molar-refractivity contribution in [1.82, 2.24) is 15.1 Å². The molecule has 2 N–H and O–H groups in total. The van der Waals surface area contributed by atoms with Crippen LogP contribution in [0.3, 0.4) is 0 Å². The van der Waals surface area contributed by atoms with Crippen LogP contribution in [0.2, 0.25) is 0 Å². The molecule has 0 bridgehead atoms. The molecular formula is C18H24N4O3S. The molecule has 2 heterocycles. The smallest absolute Gasteiger partial charge is 0.175 e. The van der Waals surface area contributed by atoms with Gasteiger partial charge in [-0.2, -0.15) is 0 Å². The number of likely N-dealkylation sites (tertiary alicyclic amines) is 1. The van der Waals surface area contributed by atoms with Gasteiger partial charge in [-0.1, -0.05) is 0 Å². The quantitative estimate of drug-likeness (QED) is 0.843. The molecule has 1 aliphatic rings. The van der Waals surface area contributed by atoms with E-state index in [4.69, 9.17) is 0 Å². The number of phenolic OH excluding ortho intramolecular Hbond substituents is 1. The number of anilines is 1. The summed E-state index contributed by atoms with van der Waals surface area (Å²) in [5.74, 6) is 0.582. The average Bonchev–Trinajstić information content (AvgIpc) is 2.55. The van der Waals surface area contributed by atoms with Crippen molar-refractivity contribution in [2.45, 2.75) is 30.7 Å². The highest BCUT2D eigenvalue weighted by molar-refractivity contribution is 7.90. The summed E-state index contributed by atoms with van der Waals surface area (Å²) in [6, 6.07) is 6.52. The van der Waals surface area contributed by atoms with E-state index in [2.05, 4.69) is 27.5 Å². The highest BCUT2D eigenvalue weighted by Crippen LogP contribution is 2.32. The summed E-state index contributed by atoms with van der Waals surface area (Å²) in [7, 11) is -1.26. The van der Waals surface area contributed by atoms with Crippen molar-refractivity contribution in [1.29, 1.82) is 0 Å². The molecule has 1 saturated heterocycles. The standard InChI is InChI=1S/C18H24N4O3S/c1-12-9-17(19-13-5-4-8-22(2)11-13)20-21-18(12)15-7-6-14(10-16(15)23)26(3,24)25/h6-7,9-10,13,23H,4-5,8,11H2,1-3H3,(H,19,20)/t13-/m1/s1. The normalized spacial score (nSPS) is 18.7. The van der Waals surface area contributed by atoms with E-state index in [0.29, 0.717) is 23.1 Å². The molecule has 1 aromatic heterocycles.